The molecule has 6 heteroatoms. The highest BCUT2D eigenvalue weighted by Gasteiger charge is 2.17. The maximum absolute atomic E-state index is 12.6. The van der Waals surface area contributed by atoms with Crippen LogP contribution in [0.4, 0.5) is 0 Å². The number of fused-ring (bicyclic) bond motifs is 1. The molecule has 5 nitrogen and oxygen atoms in total. The molecule has 1 heterocycles. The molecule has 0 aliphatic heterocycles. The highest BCUT2D eigenvalue weighted by molar-refractivity contribution is 6.30. The summed E-state index contributed by atoms with van der Waals surface area (Å²) in [5, 5.41) is 1.38. The van der Waals surface area contributed by atoms with E-state index < -0.39 is 17.2 Å². The van der Waals surface area contributed by atoms with Gasteiger partial charge in [0, 0.05) is 16.5 Å². The number of aryl methyl sites for hydroxylation is 1. The Kier molecular flexibility index (Phi) is 5.47. The summed E-state index contributed by atoms with van der Waals surface area (Å²) in [6, 6.07) is 12.2. The number of benzene rings is 2. The molecule has 146 valence electrons. The van der Waals surface area contributed by atoms with E-state index in [1.165, 1.54) is 0 Å². The third kappa shape index (κ3) is 4.54. The first-order valence-corrected chi connectivity index (χ1v) is 9.20. The van der Waals surface area contributed by atoms with Gasteiger partial charge in [0.05, 0.1) is 5.56 Å². The molecule has 1 aromatic heterocycles. The second-order valence-corrected chi connectivity index (χ2v) is 7.87. The van der Waals surface area contributed by atoms with Crippen LogP contribution in [-0.2, 0) is 9.53 Å². The zero-order valence-electron chi connectivity index (χ0n) is 16.2. The van der Waals surface area contributed by atoms with E-state index in [1.807, 2.05) is 6.92 Å². The average Bonchev–Trinajstić information content (AvgIpc) is 2.60. The summed E-state index contributed by atoms with van der Waals surface area (Å²) >= 11 is 5.93. The number of rotatable bonds is 4. The third-order valence-electron chi connectivity index (χ3n) is 4.05. The van der Waals surface area contributed by atoms with Gasteiger partial charge in [-0.3, -0.25) is 0 Å². The molecule has 3 rings (SSSR count). The maximum Gasteiger partial charge on any atom is 0.344 e. The predicted molar refractivity (Wildman–Crippen MR) is 109 cm³/mol. The Morgan fingerprint density at radius 1 is 1.11 bits per heavy atom. The van der Waals surface area contributed by atoms with Crippen LogP contribution in [0.1, 0.15) is 26.3 Å². The summed E-state index contributed by atoms with van der Waals surface area (Å²) in [6.07, 6.45) is 0. The van der Waals surface area contributed by atoms with Crippen molar-refractivity contribution in [3.63, 3.8) is 0 Å². The van der Waals surface area contributed by atoms with E-state index in [9.17, 15) is 9.59 Å². The van der Waals surface area contributed by atoms with Gasteiger partial charge >= 0.3 is 11.6 Å². The lowest BCUT2D eigenvalue weighted by atomic mass is 10.00. The molecule has 3 aromatic rings. The van der Waals surface area contributed by atoms with Crippen molar-refractivity contribution >= 4 is 28.5 Å². The highest BCUT2D eigenvalue weighted by Crippen LogP contribution is 2.29. The predicted octanol–water partition coefficient (Wildman–Crippen LogP) is 5.14. The number of halogens is 1. The Labute approximate surface area is 167 Å². The fourth-order valence-corrected chi connectivity index (χ4v) is 3.02. The minimum atomic E-state index is -0.578. The van der Waals surface area contributed by atoms with Crippen molar-refractivity contribution in [3.8, 4) is 16.9 Å². The van der Waals surface area contributed by atoms with Crippen LogP contribution in [0.15, 0.2) is 51.7 Å². The van der Waals surface area contributed by atoms with E-state index in [2.05, 4.69) is 0 Å². The lowest BCUT2D eigenvalue weighted by Gasteiger charge is -2.19. The fourth-order valence-electron chi connectivity index (χ4n) is 2.89. The second kappa shape index (κ2) is 7.68. The van der Waals surface area contributed by atoms with Crippen molar-refractivity contribution in [2.45, 2.75) is 33.3 Å². The van der Waals surface area contributed by atoms with Crippen LogP contribution in [0.5, 0.6) is 5.75 Å². The van der Waals surface area contributed by atoms with Gasteiger partial charge in [0.15, 0.2) is 6.61 Å². The van der Waals surface area contributed by atoms with Crippen LogP contribution in [0.25, 0.3) is 22.1 Å². The zero-order valence-corrected chi connectivity index (χ0v) is 16.9. The largest absolute Gasteiger partial charge is 0.482 e. The third-order valence-corrected chi connectivity index (χ3v) is 4.30. The van der Waals surface area contributed by atoms with Crippen LogP contribution >= 0.6 is 11.6 Å². The Hall–Kier alpha value is -2.79. The van der Waals surface area contributed by atoms with Gasteiger partial charge in [-0.2, -0.15) is 0 Å². The normalized spacial score (nSPS) is 11.5. The number of carbonyl (C=O) groups is 1. The number of esters is 1. The first kappa shape index (κ1) is 20.0. The summed E-state index contributed by atoms with van der Waals surface area (Å²) in [7, 11) is 0. The smallest absolute Gasteiger partial charge is 0.344 e. The minimum Gasteiger partial charge on any atom is -0.482 e. The maximum atomic E-state index is 12.6. The van der Waals surface area contributed by atoms with Crippen molar-refractivity contribution in [2.75, 3.05) is 6.61 Å². The number of ether oxygens (including phenoxy) is 2. The van der Waals surface area contributed by atoms with Crippen molar-refractivity contribution in [3.05, 3.63) is 63.5 Å². The van der Waals surface area contributed by atoms with Gasteiger partial charge in [0.2, 0.25) is 0 Å². The Morgan fingerprint density at radius 3 is 2.43 bits per heavy atom. The molecule has 0 unspecified atom stereocenters. The molecule has 28 heavy (non-hydrogen) atoms. The molecule has 0 aliphatic carbocycles. The molecule has 0 amide bonds. The number of hydrogen-bond donors (Lipinski definition) is 0. The topological polar surface area (TPSA) is 65.7 Å². The van der Waals surface area contributed by atoms with Crippen LogP contribution in [0.3, 0.4) is 0 Å². The van der Waals surface area contributed by atoms with E-state index in [4.69, 9.17) is 25.5 Å². The summed E-state index contributed by atoms with van der Waals surface area (Å²) in [4.78, 5) is 24.4. The molecule has 0 aliphatic rings. The molecule has 0 spiro atoms. The molecule has 0 saturated heterocycles. The molecule has 0 radical (unpaired) electrons. The molecule has 0 saturated carbocycles. The van der Waals surface area contributed by atoms with Crippen molar-refractivity contribution in [2.24, 2.45) is 0 Å². The van der Waals surface area contributed by atoms with Gasteiger partial charge < -0.3 is 13.9 Å². The van der Waals surface area contributed by atoms with E-state index in [1.54, 1.807) is 63.2 Å². The Morgan fingerprint density at radius 2 is 1.79 bits per heavy atom. The fraction of sp³-hybridized carbons (Fsp3) is 0.273. The monoisotopic (exact) mass is 400 g/mol. The molecular weight excluding hydrogens is 380 g/mol. The van der Waals surface area contributed by atoms with Crippen LogP contribution in [-0.4, -0.2) is 18.2 Å². The Balaban J connectivity index is 1.90. The molecule has 0 N–H and O–H groups in total. The van der Waals surface area contributed by atoms with Crippen LogP contribution in [0, 0.1) is 6.92 Å². The van der Waals surface area contributed by atoms with Gasteiger partial charge in [0.1, 0.15) is 16.9 Å². The van der Waals surface area contributed by atoms with Crippen molar-refractivity contribution in [1.29, 1.82) is 0 Å². The van der Waals surface area contributed by atoms with Gasteiger partial charge in [0.25, 0.3) is 0 Å². The first-order valence-electron chi connectivity index (χ1n) is 8.82. The molecule has 0 atom stereocenters. The summed E-state index contributed by atoms with van der Waals surface area (Å²) in [5.74, 6) is -0.0523. The lowest BCUT2D eigenvalue weighted by Crippen LogP contribution is -2.27. The van der Waals surface area contributed by atoms with E-state index in [0.29, 0.717) is 21.9 Å². The minimum absolute atomic E-state index is 0.227. The molecule has 2 aromatic carbocycles. The average molecular weight is 401 g/mol. The van der Waals surface area contributed by atoms with Gasteiger partial charge in [-0.05, 0) is 63.1 Å². The number of carbonyl (C=O) groups excluding carboxylic acids is 1. The zero-order chi connectivity index (χ0) is 20.5. The van der Waals surface area contributed by atoms with Crippen molar-refractivity contribution in [1.82, 2.24) is 0 Å². The van der Waals surface area contributed by atoms with Gasteiger partial charge in [-0.25, -0.2) is 9.59 Å². The van der Waals surface area contributed by atoms with Gasteiger partial charge in [-0.1, -0.05) is 23.7 Å². The van der Waals surface area contributed by atoms with Crippen molar-refractivity contribution < 1.29 is 18.7 Å². The number of hydrogen-bond acceptors (Lipinski definition) is 5. The van der Waals surface area contributed by atoms with E-state index in [-0.39, 0.29) is 6.61 Å². The molecule has 0 bridgehead atoms. The first-order chi connectivity index (χ1) is 13.1. The quantitative estimate of drug-likeness (QED) is 0.448. The second-order valence-electron chi connectivity index (χ2n) is 7.43. The standard InChI is InChI=1S/C22H21ClO5/c1-13-17-10-9-16(26-12-19(24)28-22(2,3)4)11-18(17)27-21(25)20(13)14-5-7-15(23)8-6-14/h5-11H,12H2,1-4H3. The Bertz CT molecular complexity index is 1080. The molecule has 0 fully saturated rings. The van der Waals surface area contributed by atoms with Gasteiger partial charge in [-0.15, -0.1) is 0 Å². The summed E-state index contributed by atoms with van der Waals surface area (Å²) < 4.78 is 16.2. The SMILES string of the molecule is Cc1c(-c2ccc(Cl)cc2)c(=O)oc2cc(OCC(=O)OC(C)(C)C)ccc12. The highest BCUT2D eigenvalue weighted by atomic mass is 35.5. The van der Waals surface area contributed by atoms with Crippen LogP contribution in [0.2, 0.25) is 5.02 Å². The lowest BCUT2D eigenvalue weighted by molar-refractivity contribution is -0.157. The van der Waals surface area contributed by atoms with Crippen LogP contribution < -0.4 is 10.4 Å². The molecular formula is C22H21ClO5. The van der Waals surface area contributed by atoms with E-state index >= 15 is 0 Å². The van der Waals surface area contributed by atoms with E-state index in [0.717, 1.165) is 16.5 Å². The summed E-state index contributed by atoms with van der Waals surface area (Å²) in [6.45, 7) is 7.00. The summed E-state index contributed by atoms with van der Waals surface area (Å²) in [5.41, 5.74) is 1.39.